The summed E-state index contributed by atoms with van der Waals surface area (Å²) in [5, 5.41) is 3.35. The van der Waals surface area contributed by atoms with Crippen molar-refractivity contribution >= 4 is 5.91 Å². The van der Waals surface area contributed by atoms with Gasteiger partial charge in [-0.3, -0.25) is 4.79 Å². The molecule has 0 spiro atoms. The first-order valence-corrected chi connectivity index (χ1v) is 8.19. The summed E-state index contributed by atoms with van der Waals surface area (Å²) in [5.41, 5.74) is 5.17. The Kier molecular flexibility index (Phi) is 7.52. The van der Waals surface area contributed by atoms with Crippen LogP contribution in [-0.2, 0) is 9.53 Å². The first kappa shape index (κ1) is 17.4. The average molecular weight is 284 g/mol. The highest BCUT2D eigenvalue weighted by Crippen LogP contribution is 2.37. The highest BCUT2D eigenvalue weighted by atomic mass is 16.5. The second kappa shape index (κ2) is 8.63. The SMILES string of the molecule is CCCC(C)COCCC1CCCC1(NCC)C(N)=O. The lowest BCUT2D eigenvalue weighted by molar-refractivity contribution is -0.126. The lowest BCUT2D eigenvalue weighted by Crippen LogP contribution is -2.58. The van der Waals surface area contributed by atoms with Crippen molar-refractivity contribution in [3.63, 3.8) is 0 Å². The van der Waals surface area contributed by atoms with Gasteiger partial charge in [-0.05, 0) is 44.1 Å². The number of nitrogens with two attached hydrogens (primary N) is 1. The number of ether oxygens (including phenoxy) is 1. The fraction of sp³-hybridized carbons (Fsp3) is 0.938. The van der Waals surface area contributed by atoms with E-state index in [1.165, 1.54) is 12.8 Å². The van der Waals surface area contributed by atoms with Gasteiger partial charge in [-0.2, -0.15) is 0 Å². The van der Waals surface area contributed by atoms with Crippen molar-refractivity contribution < 1.29 is 9.53 Å². The molecule has 3 atom stereocenters. The fourth-order valence-corrected chi connectivity index (χ4v) is 3.51. The molecule has 0 radical (unpaired) electrons. The van der Waals surface area contributed by atoms with Crippen LogP contribution in [0.4, 0.5) is 0 Å². The summed E-state index contributed by atoms with van der Waals surface area (Å²) in [6.45, 7) is 8.80. The Labute approximate surface area is 123 Å². The zero-order chi connectivity index (χ0) is 15.0. The fourth-order valence-electron chi connectivity index (χ4n) is 3.51. The van der Waals surface area contributed by atoms with Gasteiger partial charge in [0.05, 0.1) is 0 Å². The molecular weight excluding hydrogens is 252 g/mol. The van der Waals surface area contributed by atoms with E-state index in [1.54, 1.807) is 0 Å². The van der Waals surface area contributed by atoms with E-state index in [2.05, 4.69) is 19.2 Å². The predicted octanol–water partition coefficient (Wildman–Crippen LogP) is 2.46. The summed E-state index contributed by atoms with van der Waals surface area (Å²) < 4.78 is 5.78. The van der Waals surface area contributed by atoms with E-state index in [0.717, 1.165) is 45.4 Å². The molecule has 0 aliphatic heterocycles. The Hall–Kier alpha value is -0.610. The number of primary amides is 1. The zero-order valence-corrected chi connectivity index (χ0v) is 13.4. The van der Waals surface area contributed by atoms with Crippen LogP contribution < -0.4 is 11.1 Å². The first-order valence-electron chi connectivity index (χ1n) is 8.19. The minimum absolute atomic E-state index is 0.193. The highest BCUT2D eigenvalue weighted by molar-refractivity contribution is 5.85. The van der Waals surface area contributed by atoms with Crippen molar-refractivity contribution in [3.05, 3.63) is 0 Å². The van der Waals surface area contributed by atoms with E-state index in [-0.39, 0.29) is 5.91 Å². The van der Waals surface area contributed by atoms with Crippen LogP contribution in [0.25, 0.3) is 0 Å². The molecular formula is C16H32N2O2. The van der Waals surface area contributed by atoms with Crippen molar-refractivity contribution in [3.8, 4) is 0 Å². The normalized spacial score (nSPS) is 27.6. The number of rotatable bonds is 10. The average Bonchev–Trinajstić information content (AvgIpc) is 2.80. The standard InChI is InChI=1S/C16H32N2O2/c1-4-7-13(3)12-20-11-9-14-8-6-10-16(14,15(17)19)18-5-2/h13-14,18H,4-12H2,1-3H3,(H2,17,19). The van der Waals surface area contributed by atoms with Crippen LogP contribution in [0.5, 0.6) is 0 Å². The lowest BCUT2D eigenvalue weighted by atomic mass is 9.84. The number of likely N-dealkylation sites (N-methyl/N-ethyl adjacent to an activating group) is 1. The molecule has 3 unspecified atom stereocenters. The number of nitrogens with one attached hydrogen (secondary N) is 1. The highest BCUT2D eigenvalue weighted by Gasteiger charge is 2.46. The van der Waals surface area contributed by atoms with Gasteiger partial charge in [-0.15, -0.1) is 0 Å². The lowest BCUT2D eigenvalue weighted by Gasteiger charge is -2.33. The van der Waals surface area contributed by atoms with E-state index < -0.39 is 5.54 Å². The smallest absolute Gasteiger partial charge is 0.238 e. The van der Waals surface area contributed by atoms with E-state index in [1.807, 2.05) is 6.92 Å². The van der Waals surface area contributed by atoms with E-state index >= 15 is 0 Å². The van der Waals surface area contributed by atoms with Crippen molar-refractivity contribution in [1.82, 2.24) is 5.32 Å². The van der Waals surface area contributed by atoms with Crippen LogP contribution in [-0.4, -0.2) is 31.2 Å². The molecule has 0 heterocycles. The van der Waals surface area contributed by atoms with Gasteiger partial charge in [0.25, 0.3) is 0 Å². The third-order valence-electron chi connectivity index (χ3n) is 4.55. The summed E-state index contributed by atoms with van der Waals surface area (Å²) in [7, 11) is 0. The van der Waals surface area contributed by atoms with Crippen molar-refractivity contribution in [2.75, 3.05) is 19.8 Å². The maximum Gasteiger partial charge on any atom is 0.238 e. The van der Waals surface area contributed by atoms with Gasteiger partial charge < -0.3 is 15.8 Å². The predicted molar refractivity (Wildman–Crippen MR) is 82.5 cm³/mol. The number of carbonyl (C=O) groups is 1. The largest absolute Gasteiger partial charge is 0.381 e. The molecule has 1 aliphatic carbocycles. The summed E-state index contributed by atoms with van der Waals surface area (Å²) >= 11 is 0. The van der Waals surface area contributed by atoms with Gasteiger partial charge in [0.15, 0.2) is 0 Å². The molecule has 118 valence electrons. The number of hydrogen-bond acceptors (Lipinski definition) is 3. The molecule has 20 heavy (non-hydrogen) atoms. The molecule has 1 rings (SSSR count). The van der Waals surface area contributed by atoms with Crippen LogP contribution in [0.1, 0.15) is 59.3 Å². The number of hydrogen-bond donors (Lipinski definition) is 2. The zero-order valence-electron chi connectivity index (χ0n) is 13.4. The van der Waals surface area contributed by atoms with Crippen LogP contribution >= 0.6 is 0 Å². The van der Waals surface area contributed by atoms with Gasteiger partial charge >= 0.3 is 0 Å². The molecule has 1 saturated carbocycles. The van der Waals surface area contributed by atoms with E-state index in [9.17, 15) is 4.79 Å². The van der Waals surface area contributed by atoms with Crippen molar-refractivity contribution in [2.45, 2.75) is 64.8 Å². The van der Waals surface area contributed by atoms with Gasteiger partial charge in [0.2, 0.25) is 5.91 Å². The van der Waals surface area contributed by atoms with Gasteiger partial charge in [-0.25, -0.2) is 0 Å². The molecule has 1 fully saturated rings. The molecule has 0 aromatic heterocycles. The Morgan fingerprint density at radius 1 is 1.50 bits per heavy atom. The van der Waals surface area contributed by atoms with E-state index in [4.69, 9.17) is 10.5 Å². The third kappa shape index (κ3) is 4.45. The number of amides is 1. The van der Waals surface area contributed by atoms with Crippen molar-refractivity contribution in [1.29, 1.82) is 0 Å². The summed E-state index contributed by atoms with van der Waals surface area (Å²) in [6, 6.07) is 0. The topological polar surface area (TPSA) is 64.3 Å². The molecule has 0 saturated heterocycles. The minimum atomic E-state index is -0.493. The molecule has 0 aromatic carbocycles. The summed E-state index contributed by atoms with van der Waals surface area (Å²) in [4.78, 5) is 11.9. The van der Waals surface area contributed by atoms with Crippen LogP contribution in [0, 0.1) is 11.8 Å². The molecule has 1 amide bonds. The van der Waals surface area contributed by atoms with Crippen LogP contribution in [0.15, 0.2) is 0 Å². The monoisotopic (exact) mass is 284 g/mol. The summed E-state index contributed by atoms with van der Waals surface area (Å²) in [5.74, 6) is 0.751. The van der Waals surface area contributed by atoms with E-state index in [0.29, 0.717) is 11.8 Å². The second-order valence-electron chi connectivity index (χ2n) is 6.21. The molecule has 1 aliphatic rings. The molecule has 0 bridgehead atoms. The third-order valence-corrected chi connectivity index (χ3v) is 4.55. The molecule has 0 aromatic rings. The van der Waals surface area contributed by atoms with Crippen LogP contribution in [0.3, 0.4) is 0 Å². The molecule has 3 N–H and O–H groups in total. The first-order chi connectivity index (χ1) is 9.56. The summed E-state index contributed by atoms with van der Waals surface area (Å²) in [6.07, 6.45) is 6.36. The number of carbonyl (C=O) groups excluding carboxylic acids is 1. The van der Waals surface area contributed by atoms with Crippen LogP contribution in [0.2, 0.25) is 0 Å². The maximum absolute atomic E-state index is 11.9. The Balaban J connectivity index is 2.39. The van der Waals surface area contributed by atoms with Gasteiger partial charge in [-0.1, -0.05) is 33.6 Å². The molecule has 4 nitrogen and oxygen atoms in total. The maximum atomic E-state index is 11.9. The van der Waals surface area contributed by atoms with Crippen molar-refractivity contribution in [2.24, 2.45) is 17.6 Å². The second-order valence-corrected chi connectivity index (χ2v) is 6.21. The Bertz CT molecular complexity index is 296. The quantitative estimate of drug-likeness (QED) is 0.606. The van der Waals surface area contributed by atoms with Gasteiger partial charge in [0.1, 0.15) is 5.54 Å². The Morgan fingerprint density at radius 3 is 2.85 bits per heavy atom. The molecule has 4 heteroatoms. The van der Waals surface area contributed by atoms with Gasteiger partial charge in [0, 0.05) is 13.2 Å². The Morgan fingerprint density at radius 2 is 2.25 bits per heavy atom. The minimum Gasteiger partial charge on any atom is -0.381 e.